The molecule has 0 aliphatic heterocycles. The highest BCUT2D eigenvalue weighted by Crippen LogP contribution is 2.27. The summed E-state index contributed by atoms with van der Waals surface area (Å²) in [6.45, 7) is 9.46. The SMILES string of the molecule is C=C(CC)CC(NCCC)c1ccc(I)c(Cl)c1. The summed E-state index contributed by atoms with van der Waals surface area (Å²) in [6.07, 6.45) is 3.14. The Hall–Kier alpha value is -0.0600. The molecule has 0 saturated heterocycles. The van der Waals surface area contributed by atoms with Gasteiger partial charge in [0.25, 0.3) is 0 Å². The van der Waals surface area contributed by atoms with Crippen LogP contribution in [0.1, 0.15) is 44.7 Å². The quantitative estimate of drug-likeness (QED) is 0.499. The summed E-state index contributed by atoms with van der Waals surface area (Å²) in [6, 6.07) is 6.63. The van der Waals surface area contributed by atoms with Gasteiger partial charge in [-0.3, -0.25) is 0 Å². The highest BCUT2D eigenvalue weighted by Gasteiger charge is 2.12. The maximum absolute atomic E-state index is 6.20. The molecule has 1 rings (SSSR count). The van der Waals surface area contributed by atoms with Gasteiger partial charge in [-0.05, 0) is 66.1 Å². The Bertz CT molecular complexity index is 403. The van der Waals surface area contributed by atoms with Gasteiger partial charge in [-0.1, -0.05) is 43.7 Å². The summed E-state index contributed by atoms with van der Waals surface area (Å²) < 4.78 is 1.10. The summed E-state index contributed by atoms with van der Waals surface area (Å²) in [5, 5.41) is 4.41. The van der Waals surface area contributed by atoms with Gasteiger partial charge in [0.05, 0.1) is 5.02 Å². The Labute approximate surface area is 129 Å². The minimum absolute atomic E-state index is 0.326. The van der Waals surface area contributed by atoms with Crippen molar-refractivity contribution in [1.82, 2.24) is 5.32 Å². The second-order valence-electron chi connectivity index (χ2n) is 4.49. The summed E-state index contributed by atoms with van der Waals surface area (Å²) in [5.74, 6) is 0. The first kappa shape index (κ1) is 16.0. The van der Waals surface area contributed by atoms with E-state index in [0.29, 0.717) is 6.04 Å². The van der Waals surface area contributed by atoms with Crippen molar-refractivity contribution in [3.63, 3.8) is 0 Å². The molecule has 1 atom stereocenters. The molecule has 100 valence electrons. The molecule has 1 aromatic rings. The Balaban J connectivity index is 2.86. The fourth-order valence-electron chi connectivity index (χ4n) is 1.79. The third-order valence-electron chi connectivity index (χ3n) is 2.98. The third-order valence-corrected chi connectivity index (χ3v) is 4.55. The molecular weight excluding hydrogens is 357 g/mol. The van der Waals surface area contributed by atoms with Crippen molar-refractivity contribution in [2.45, 2.75) is 39.2 Å². The monoisotopic (exact) mass is 377 g/mol. The topological polar surface area (TPSA) is 12.0 Å². The van der Waals surface area contributed by atoms with Crippen LogP contribution in [-0.4, -0.2) is 6.54 Å². The average molecular weight is 378 g/mol. The summed E-state index contributed by atoms with van der Waals surface area (Å²) in [4.78, 5) is 0. The van der Waals surface area contributed by atoms with Gasteiger partial charge in [-0.2, -0.15) is 0 Å². The predicted molar refractivity (Wildman–Crippen MR) is 89.3 cm³/mol. The molecule has 0 fully saturated rings. The van der Waals surface area contributed by atoms with Crippen LogP contribution in [0.5, 0.6) is 0 Å². The molecule has 1 unspecified atom stereocenters. The van der Waals surface area contributed by atoms with E-state index in [1.54, 1.807) is 0 Å². The van der Waals surface area contributed by atoms with Crippen molar-refractivity contribution in [3.8, 4) is 0 Å². The van der Waals surface area contributed by atoms with Crippen molar-refractivity contribution in [2.24, 2.45) is 0 Å². The van der Waals surface area contributed by atoms with E-state index in [4.69, 9.17) is 11.6 Å². The predicted octanol–water partition coefficient (Wildman–Crippen LogP) is 5.34. The molecule has 3 heteroatoms. The molecule has 0 aliphatic rings. The van der Waals surface area contributed by atoms with Gasteiger partial charge in [0.15, 0.2) is 0 Å². The van der Waals surface area contributed by atoms with E-state index in [0.717, 1.165) is 34.4 Å². The van der Waals surface area contributed by atoms with Gasteiger partial charge in [-0.15, -0.1) is 0 Å². The maximum atomic E-state index is 6.20. The molecule has 0 heterocycles. The number of hydrogen-bond donors (Lipinski definition) is 1. The fourth-order valence-corrected chi connectivity index (χ4v) is 2.31. The lowest BCUT2D eigenvalue weighted by Crippen LogP contribution is -2.22. The van der Waals surface area contributed by atoms with Crippen LogP contribution >= 0.6 is 34.2 Å². The molecule has 18 heavy (non-hydrogen) atoms. The van der Waals surface area contributed by atoms with Crippen LogP contribution in [0.25, 0.3) is 0 Å². The van der Waals surface area contributed by atoms with E-state index < -0.39 is 0 Å². The number of hydrogen-bond acceptors (Lipinski definition) is 1. The highest BCUT2D eigenvalue weighted by molar-refractivity contribution is 14.1. The molecule has 1 N–H and O–H groups in total. The van der Waals surface area contributed by atoms with Gasteiger partial charge in [0.1, 0.15) is 0 Å². The van der Waals surface area contributed by atoms with Gasteiger partial charge in [0, 0.05) is 9.61 Å². The minimum atomic E-state index is 0.326. The van der Waals surface area contributed by atoms with Crippen molar-refractivity contribution in [2.75, 3.05) is 6.54 Å². The molecule has 0 radical (unpaired) electrons. The van der Waals surface area contributed by atoms with Crippen LogP contribution in [0, 0.1) is 3.57 Å². The second-order valence-corrected chi connectivity index (χ2v) is 6.06. The first-order valence-electron chi connectivity index (χ1n) is 6.43. The largest absolute Gasteiger partial charge is 0.310 e. The van der Waals surface area contributed by atoms with Crippen molar-refractivity contribution in [1.29, 1.82) is 0 Å². The first-order valence-corrected chi connectivity index (χ1v) is 7.89. The lowest BCUT2D eigenvalue weighted by atomic mass is 9.98. The zero-order valence-corrected chi connectivity index (χ0v) is 14.0. The lowest BCUT2D eigenvalue weighted by Gasteiger charge is -2.20. The fraction of sp³-hybridized carbons (Fsp3) is 0.467. The van der Waals surface area contributed by atoms with Crippen molar-refractivity contribution < 1.29 is 0 Å². The smallest absolute Gasteiger partial charge is 0.0542 e. The van der Waals surface area contributed by atoms with Crippen LogP contribution in [0.4, 0.5) is 0 Å². The molecule has 0 aromatic heterocycles. The Kier molecular flexibility index (Phi) is 7.27. The Morgan fingerprint density at radius 3 is 2.72 bits per heavy atom. The number of halogens is 2. The lowest BCUT2D eigenvalue weighted by molar-refractivity contribution is 0.523. The normalized spacial score (nSPS) is 12.4. The molecule has 0 aliphatic carbocycles. The molecular formula is C15H21ClIN. The summed E-state index contributed by atoms with van der Waals surface area (Å²) in [7, 11) is 0. The Morgan fingerprint density at radius 1 is 1.44 bits per heavy atom. The Morgan fingerprint density at radius 2 is 2.17 bits per heavy atom. The highest BCUT2D eigenvalue weighted by atomic mass is 127. The third kappa shape index (κ3) is 4.90. The summed E-state index contributed by atoms with van der Waals surface area (Å²) >= 11 is 8.46. The minimum Gasteiger partial charge on any atom is -0.310 e. The summed E-state index contributed by atoms with van der Waals surface area (Å²) in [5.41, 5.74) is 2.53. The van der Waals surface area contributed by atoms with E-state index in [9.17, 15) is 0 Å². The van der Waals surface area contributed by atoms with Crippen LogP contribution in [0.2, 0.25) is 5.02 Å². The van der Waals surface area contributed by atoms with Gasteiger partial charge < -0.3 is 5.32 Å². The van der Waals surface area contributed by atoms with E-state index in [-0.39, 0.29) is 0 Å². The molecule has 0 amide bonds. The number of nitrogens with one attached hydrogen (secondary N) is 1. The zero-order chi connectivity index (χ0) is 13.5. The van der Waals surface area contributed by atoms with Gasteiger partial charge >= 0.3 is 0 Å². The van der Waals surface area contributed by atoms with E-state index in [1.807, 2.05) is 0 Å². The number of rotatable bonds is 7. The van der Waals surface area contributed by atoms with E-state index in [2.05, 4.69) is 66.5 Å². The van der Waals surface area contributed by atoms with Crippen LogP contribution in [-0.2, 0) is 0 Å². The maximum Gasteiger partial charge on any atom is 0.0542 e. The first-order chi connectivity index (χ1) is 8.58. The van der Waals surface area contributed by atoms with Gasteiger partial charge in [-0.25, -0.2) is 0 Å². The molecule has 0 bridgehead atoms. The van der Waals surface area contributed by atoms with Crippen LogP contribution < -0.4 is 5.32 Å². The molecule has 0 saturated carbocycles. The zero-order valence-electron chi connectivity index (χ0n) is 11.1. The van der Waals surface area contributed by atoms with E-state index >= 15 is 0 Å². The average Bonchev–Trinajstić information content (AvgIpc) is 2.37. The molecule has 0 spiro atoms. The van der Waals surface area contributed by atoms with E-state index in [1.165, 1.54) is 11.1 Å². The molecule has 1 nitrogen and oxygen atoms in total. The number of benzene rings is 1. The van der Waals surface area contributed by atoms with Crippen LogP contribution in [0.3, 0.4) is 0 Å². The second kappa shape index (κ2) is 8.18. The van der Waals surface area contributed by atoms with Gasteiger partial charge in [0.2, 0.25) is 0 Å². The molecule has 1 aromatic carbocycles. The van der Waals surface area contributed by atoms with Crippen LogP contribution in [0.15, 0.2) is 30.4 Å². The van der Waals surface area contributed by atoms with Crippen molar-refractivity contribution >= 4 is 34.2 Å². The van der Waals surface area contributed by atoms with Crippen molar-refractivity contribution in [3.05, 3.63) is 44.5 Å². The standard InChI is InChI=1S/C15H21ClIN/c1-4-8-18-15(9-11(3)5-2)12-6-7-14(17)13(16)10-12/h6-7,10,15,18H,3-5,8-9H2,1-2H3.